The van der Waals surface area contributed by atoms with Gasteiger partial charge in [-0.1, -0.05) is 25.3 Å². The Labute approximate surface area is 160 Å². The number of nitrogens with one attached hydrogen (secondary N) is 1. The fourth-order valence-electron chi connectivity index (χ4n) is 4.21. The van der Waals surface area contributed by atoms with Gasteiger partial charge >= 0.3 is 0 Å². The van der Waals surface area contributed by atoms with Gasteiger partial charge in [0.2, 0.25) is 5.91 Å². The van der Waals surface area contributed by atoms with Gasteiger partial charge in [-0.2, -0.15) is 0 Å². The third kappa shape index (κ3) is 4.43. The van der Waals surface area contributed by atoms with Crippen molar-refractivity contribution in [2.45, 2.75) is 50.9 Å². The number of piperidine rings is 1. The van der Waals surface area contributed by atoms with E-state index in [1.165, 1.54) is 19.3 Å². The first-order valence-corrected chi connectivity index (χ1v) is 10.1. The maximum absolute atomic E-state index is 12.7. The molecular weight excluding hydrogens is 338 g/mol. The lowest BCUT2D eigenvalue weighted by Crippen LogP contribution is -2.42. The molecule has 1 saturated carbocycles. The molecule has 1 saturated heterocycles. The number of hydrogen-bond acceptors (Lipinski definition) is 5. The Morgan fingerprint density at radius 1 is 1.00 bits per heavy atom. The number of rotatable bonds is 4. The summed E-state index contributed by atoms with van der Waals surface area (Å²) >= 11 is 0. The second kappa shape index (κ2) is 8.46. The Morgan fingerprint density at radius 2 is 1.81 bits per heavy atom. The van der Waals surface area contributed by atoms with Gasteiger partial charge < -0.3 is 10.2 Å². The molecule has 0 unspecified atom stereocenters. The Balaban J connectivity index is 1.35. The fourth-order valence-corrected chi connectivity index (χ4v) is 4.21. The highest BCUT2D eigenvalue weighted by Crippen LogP contribution is 2.30. The van der Waals surface area contributed by atoms with Crippen molar-refractivity contribution >= 4 is 17.5 Å². The first kappa shape index (κ1) is 17.9. The highest BCUT2D eigenvalue weighted by atomic mass is 16.2. The van der Waals surface area contributed by atoms with Crippen molar-refractivity contribution in [2.75, 3.05) is 18.4 Å². The van der Waals surface area contributed by atoms with Crippen LogP contribution in [-0.4, -0.2) is 38.8 Å². The van der Waals surface area contributed by atoms with Gasteiger partial charge in [0, 0.05) is 37.3 Å². The van der Waals surface area contributed by atoms with Crippen LogP contribution in [0.2, 0.25) is 0 Å². The van der Waals surface area contributed by atoms with Crippen LogP contribution in [0.5, 0.6) is 0 Å². The molecule has 1 aliphatic heterocycles. The first-order valence-electron chi connectivity index (χ1n) is 10.1. The zero-order chi connectivity index (χ0) is 18.5. The largest absolute Gasteiger partial charge is 0.342 e. The number of carbonyl (C=O) groups excluding carboxylic acids is 1. The summed E-state index contributed by atoms with van der Waals surface area (Å²) in [7, 11) is 0. The minimum Gasteiger partial charge on any atom is -0.342 e. The van der Waals surface area contributed by atoms with Gasteiger partial charge in [-0.25, -0.2) is 9.97 Å². The molecule has 0 bridgehead atoms. The van der Waals surface area contributed by atoms with Crippen LogP contribution in [0.1, 0.15) is 56.6 Å². The lowest BCUT2D eigenvalue weighted by atomic mass is 9.87. The lowest BCUT2D eigenvalue weighted by Gasteiger charge is -2.35. The van der Waals surface area contributed by atoms with E-state index >= 15 is 0 Å². The van der Waals surface area contributed by atoms with E-state index in [2.05, 4.69) is 20.2 Å². The molecule has 4 rings (SSSR count). The number of carbonyl (C=O) groups is 1. The molecule has 27 heavy (non-hydrogen) atoms. The van der Waals surface area contributed by atoms with Gasteiger partial charge in [-0.15, -0.1) is 0 Å². The smallest absolute Gasteiger partial charge is 0.225 e. The predicted octanol–water partition coefficient (Wildman–Crippen LogP) is 3.90. The molecule has 2 fully saturated rings. The molecule has 1 amide bonds. The standard InChI is InChI=1S/C21H27N5O/c27-21(17-6-2-1-3-7-17)26-12-9-16(10-13-26)18-14-22-15-20(24-18)25-19-8-4-5-11-23-19/h4-5,8,11,14-17H,1-3,6-7,9-10,12-13H2,(H,23,24,25). The summed E-state index contributed by atoms with van der Waals surface area (Å²) in [6, 6.07) is 5.73. The first-order chi connectivity index (χ1) is 13.3. The summed E-state index contributed by atoms with van der Waals surface area (Å²) in [5.74, 6) is 2.48. The third-order valence-corrected chi connectivity index (χ3v) is 5.75. The van der Waals surface area contributed by atoms with E-state index in [1.54, 1.807) is 12.4 Å². The quantitative estimate of drug-likeness (QED) is 0.890. The van der Waals surface area contributed by atoms with Gasteiger partial charge in [-0.05, 0) is 37.8 Å². The van der Waals surface area contributed by atoms with Crippen LogP contribution >= 0.6 is 0 Å². The van der Waals surface area contributed by atoms with Gasteiger partial charge in [0.1, 0.15) is 11.6 Å². The molecule has 1 aliphatic carbocycles. The average Bonchev–Trinajstić information content (AvgIpc) is 2.75. The zero-order valence-corrected chi connectivity index (χ0v) is 15.7. The highest BCUT2D eigenvalue weighted by molar-refractivity contribution is 5.79. The minimum atomic E-state index is 0.265. The summed E-state index contributed by atoms with van der Waals surface area (Å²) in [5.41, 5.74) is 1.00. The second-order valence-electron chi connectivity index (χ2n) is 7.60. The summed E-state index contributed by atoms with van der Waals surface area (Å²) in [6.45, 7) is 1.67. The highest BCUT2D eigenvalue weighted by Gasteiger charge is 2.30. The Bertz CT molecular complexity index is 752. The molecule has 6 nitrogen and oxygen atoms in total. The molecule has 0 aromatic carbocycles. The molecule has 2 aromatic rings. The van der Waals surface area contributed by atoms with Crippen molar-refractivity contribution in [3.8, 4) is 0 Å². The minimum absolute atomic E-state index is 0.265. The molecule has 142 valence electrons. The number of anilines is 2. The maximum atomic E-state index is 12.7. The van der Waals surface area contributed by atoms with Gasteiger partial charge in [0.25, 0.3) is 0 Å². The van der Waals surface area contributed by atoms with Crippen molar-refractivity contribution in [1.82, 2.24) is 19.9 Å². The fraction of sp³-hybridized carbons (Fsp3) is 0.524. The number of nitrogens with zero attached hydrogens (tertiary/aromatic N) is 4. The van der Waals surface area contributed by atoms with E-state index in [4.69, 9.17) is 4.98 Å². The van der Waals surface area contributed by atoms with Crippen molar-refractivity contribution in [2.24, 2.45) is 5.92 Å². The van der Waals surface area contributed by atoms with Gasteiger partial charge in [0.15, 0.2) is 0 Å². The van der Waals surface area contributed by atoms with E-state index in [0.717, 1.165) is 50.3 Å². The Morgan fingerprint density at radius 3 is 2.56 bits per heavy atom. The molecule has 3 heterocycles. The number of hydrogen-bond donors (Lipinski definition) is 1. The van der Waals surface area contributed by atoms with Crippen LogP contribution in [0.3, 0.4) is 0 Å². The Kier molecular flexibility index (Phi) is 5.61. The Hall–Kier alpha value is -2.50. The van der Waals surface area contributed by atoms with Gasteiger partial charge in [0.05, 0.1) is 11.9 Å². The number of amides is 1. The van der Waals surface area contributed by atoms with E-state index in [1.807, 2.05) is 24.4 Å². The summed E-state index contributed by atoms with van der Waals surface area (Å²) in [4.78, 5) is 28.2. The van der Waals surface area contributed by atoms with E-state index in [0.29, 0.717) is 17.6 Å². The van der Waals surface area contributed by atoms with Crippen LogP contribution in [-0.2, 0) is 4.79 Å². The van der Waals surface area contributed by atoms with Crippen LogP contribution < -0.4 is 5.32 Å². The van der Waals surface area contributed by atoms with Crippen LogP contribution in [0.15, 0.2) is 36.8 Å². The predicted molar refractivity (Wildman–Crippen MR) is 105 cm³/mol. The molecule has 2 aromatic heterocycles. The van der Waals surface area contributed by atoms with E-state index < -0.39 is 0 Å². The molecule has 0 spiro atoms. The normalized spacial score (nSPS) is 19.0. The molecule has 6 heteroatoms. The molecule has 2 aliphatic rings. The van der Waals surface area contributed by atoms with Crippen LogP contribution in [0.25, 0.3) is 0 Å². The lowest BCUT2D eigenvalue weighted by molar-refractivity contribution is -0.137. The second-order valence-corrected chi connectivity index (χ2v) is 7.60. The van der Waals surface area contributed by atoms with Crippen molar-refractivity contribution in [3.05, 3.63) is 42.5 Å². The van der Waals surface area contributed by atoms with Crippen molar-refractivity contribution < 1.29 is 4.79 Å². The van der Waals surface area contributed by atoms with Gasteiger partial charge in [-0.3, -0.25) is 9.78 Å². The molecule has 1 N–H and O–H groups in total. The summed E-state index contributed by atoms with van der Waals surface area (Å²) in [6.07, 6.45) is 13.1. The van der Waals surface area contributed by atoms with Crippen molar-refractivity contribution in [1.29, 1.82) is 0 Å². The molecule has 0 atom stereocenters. The molecular formula is C21H27N5O. The third-order valence-electron chi connectivity index (χ3n) is 5.75. The zero-order valence-electron chi connectivity index (χ0n) is 15.7. The van der Waals surface area contributed by atoms with Crippen LogP contribution in [0, 0.1) is 5.92 Å². The molecule has 0 radical (unpaired) electrons. The number of aromatic nitrogens is 3. The number of pyridine rings is 1. The SMILES string of the molecule is O=C(C1CCCCC1)N1CCC(c2cncc(Nc3ccccn3)n2)CC1. The summed E-state index contributed by atoms with van der Waals surface area (Å²) < 4.78 is 0. The number of likely N-dealkylation sites (tertiary alicyclic amines) is 1. The maximum Gasteiger partial charge on any atom is 0.225 e. The van der Waals surface area contributed by atoms with E-state index in [9.17, 15) is 4.79 Å². The topological polar surface area (TPSA) is 71.0 Å². The average molecular weight is 365 g/mol. The summed E-state index contributed by atoms with van der Waals surface area (Å²) in [5, 5.41) is 3.20. The van der Waals surface area contributed by atoms with E-state index in [-0.39, 0.29) is 5.92 Å². The van der Waals surface area contributed by atoms with Crippen molar-refractivity contribution in [3.63, 3.8) is 0 Å². The van der Waals surface area contributed by atoms with Crippen LogP contribution in [0.4, 0.5) is 11.6 Å². The monoisotopic (exact) mass is 365 g/mol.